The van der Waals surface area contributed by atoms with E-state index in [0.717, 1.165) is 5.56 Å². The zero-order valence-corrected chi connectivity index (χ0v) is 9.77. The van der Waals surface area contributed by atoms with Crippen LogP contribution < -0.4 is 11.1 Å². The number of halogens is 2. The van der Waals surface area contributed by atoms with Gasteiger partial charge in [0, 0.05) is 16.6 Å². The van der Waals surface area contributed by atoms with Gasteiger partial charge in [0.25, 0.3) is 0 Å². The lowest BCUT2D eigenvalue weighted by Gasteiger charge is -2.09. The number of nitrogens with two attached hydrogens (primary N) is 1. The van der Waals surface area contributed by atoms with Crippen molar-refractivity contribution in [3.63, 3.8) is 0 Å². The zero-order chi connectivity index (χ0) is 11.4. The van der Waals surface area contributed by atoms with Crippen LogP contribution in [0.2, 0.25) is 10.0 Å². The van der Waals surface area contributed by atoms with Crippen LogP contribution in [-0.4, -0.2) is 11.9 Å². The first-order valence-corrected chi connectivity index (χ1v) is 5.23. The maximum Gasteiger partial charge on any atom is 0.236 e. The Labute approximate surface area is 98.5 Å². The van der Waals surface area contributed by atoms with Gasteiger partial charge in [-0.15, -0.1) is 0 Å². The Morgan fingerprint density at radius 2 is 2.20 bits per heavy atom. The molecule has 0 fully saturated rings. The molecule has 0 heterocycles. The first kappa shape index (κ1) is 12.3. The van der Waals surface area contributed by atoms with Crippen molar-refractivity contribution in [2.45, 2.75) is 19.5 Å². The number of carbonyl (C=O) groups excluding carboxylic acids is 1. The molecule has 3 nitrogen and oxygen atoms in total. The Bertz CT molecular complexity index is 366. The first-order valence-electron chi connectivity index (χ1n) is 4.48. The zero-order valence-electron chi connectivity index (χ0n) is 8.26. The lowest BCUT2D eigenvalue weighted by molar-refractivity contribution is -0.122. The number of hydrogen-bond acceptors (Lipinski definition) is 2. The molecule has 1 rings (SSSR count). The van der Waals surface area contributed by atoms with Gasteiger partial charge in [-0.1, -0.05) is 23.2 Å². The molecule has 0 saturated heterocycles. The van der Waals surface area contributed by atoms with Gasteiger partial charge in [0.15, 0.2) is 0 Å². The second-order valence-electron chi connectivity index (χ2n) is 3.24. The molecule has 3 N–H and O–H groups in total. The van der Waals surface area contributed by atoms with Crippen LogP contribution >= 0.6 is 23.2 Å². The number of rotatable bonds is 3. The maximum absolute atomic E-state index is 11.2. The van der Waals surface area contributed by atoms with Gasteiger partial charge >= 0.3 is 0 Å². The Morgan fingerprint density at radius 1 is 1.53 bits per heavy atom. The van der Waals surface area contributed by atoms with Crippen LogP contribution in [0.1, 0.15) is 12.5 Å². The molecule has 0 aliphatic carbocycles. The summed E-state index contributed by atoms with van der Waals surface area (Å²) in [4.78, 5) is 11.2. The van der Waals surface area contributed by atoms with E-state index in [0.29, 0.717) is 16.6 Å². The second-order valence-corrected chi connectivity index (χ2v) is 4.09. The van der Waals surface area contributed by atoms with Crippen molar-refractivity contribution in [3.05, 3.63) is 33.8 Å². The van der Waals surface area contributed by atoms with E-state index in [1.54, 1.807) is 25.1 Å². The molecule has 0 aliphatic rings. The van der Waals surface area contributed by atoms with Gasteiger partial charge in [-0.3, -0.25) is 4.79 Å². The predicted molar refractivity (Wildman–Crippen MR) is 62.0 cm³/mol. The van der Waals surface area contributed by atoms with Crippen molar-refractivity contribution in [1.82, 2.24) is 5.32 Å². The molecule has 82 valence electrons. The molecule has 1 atom stereocenters. The highest BCUT2D eigenvalue weighted by Crippen LogP contribution is 2.20. The third kappa shape index (κ3) is 3.70. The normalized spacial score (nSPS) is 12.3. The summed E-state index contributed by atoms with van der Waals surface area (Å²) in [6, 6.07) is 4.58. The highest BCUT2D eigenvalue weighted by Gasteiger charge is 2.07. The topological polar surface area (TPSA) is 55.1 Å². The van der Waals surface area contributed by atoms with Gasteiger partial charge < -0.3 is 11.1 Å². The molecule has 0 aromatic heterocycles. The van der Waals surface area contributed by atoms with E-state index in [1.807, 2.05) is 0 Å². The average molecular weight is 247 g/mol. The van der Waals surface area contributed by atoms with E-state index >= 15 is 0 Å². The molecular weight excluding hydrogens is 235 g/mol. The van der Waals surface area contributed by atoms with Crippen molar-refractivity contribution < 1.29 is 4.79 Å². The Balaban J connectivity index is 2.65. The highest BCUT2D eigenvalue weighted by molar-refractivity contribution is 6.33. The van der Waals surface area contributed by atoms with E-state index < -0.39 is 6.04 Å². The summed E-state index contributed by atoms with van der Waals surface area (Å²) in [5.41, 5.74) is 6.17. The minimum Gasteiger partial charge on any atom is -0.351 e. The number of carbonyl (C=O) groups is 1. The monoisotopic (exact) mass is 246 g/mol. The smallest absolute Gasteiger partial charge is 0.236 e. The molecule has 1 aromatic carbocycles. The molecular formula is C10H12Cl2N2O. The van der Waals surface area contributed by atoms with E-state index in [1.165, 1.54) is 0 Å². The third-order valence-electron chi connectivity index (χ3n) is 1.87. The molecule has 15 heavy (non-hydrogen) atoms. The molecule has 1 amide bonds. The van der Waals surface area contributed by atoms with Crippen LogP contribution in [0.3, 0.4) is 0 Å². The van der Waals surface area contributed by atoms with E-state index in [9.17, 15) is 4.79 Å². The Morgan fingerprint density at radius 3 is 2.80 bits per heavy atom. The van der Waals surface area contributed by atoms with Crippen molar-refractivity contribution in [2.24, 2.45) is 5.73 Å². The lowest BCUT2D eigenvalue weighted by atomic mass is 10.2. The molecule has 1 aromatic rings. The molecule has 0 bridgehead atoms. The van der Waals surface area contributed by atoms with Crippen LogP contribution in [0.25, 0.3) is 0 Å². The predicted octanol–water partition coefficient (Wildman–Crippen LogP) is 1.96. The van der Waals surface area contributed by atoms with Crippen LogP contribution in [0.5, 0.6) is 0 Å². The molecule has 0 saturated carbocycles. The van der Waals surface area contributed by atoms with Gasteiger partial charge in [-0.05, 0) is 30.7 Å². The van der Waals surface area contributed by atoms with Gasteiger partial charge in [0.1, 0.15) is 0 Å². The fraction of sp³-hybridized carbons (Fsp3) is 0.300. The number of hydrogen-bond donors (Lipinski definition) is 2. The minimum atomic E-state index is -0.525. The summed E-state index contributed by atoms with van der Waals surface area (Å²) in [6.07, 6.45) is 0. The summed E-state index contributed by atoms with van der Waals surface area (Å²) in [7, 11) is 0. The van der Waals surface area contributed by atoms with Gasteiger partial charge in [-0.2, -0.15) is 0 Å². The summed E-state index contributed by atoms with van der Waals surface area (Å²) < 4.78 is 0. The van der Waals surface area contributed by atoms with Gasteiger partial charge in [-0.25, -0.2) is 0 Å². The third-order valence-corrected chi connectivity index (χ3v) is 2.48. The average Bonchev–Trinajstić information content (AvgIpc) is 2.18. The Kier molecular flexibility index (Phi) is 4.39. The molecule has 5 heteroatoms. The summed E-state index contributed by atoms with van der Waals surface area (Å²) in [5.74, 6) is -0.217. The molecule has 0 spiro atoms. The number of amides is 1. The van der Waals surface area contributed by atoms with Gasteiger partial charge in [0.05, 0.1) is 6.04 Å². The fourth-order valence-electron chi connectivity index (χ4n) is 1.02. The number of nitrogens with one attached hydrogen (secondary N) is 1. The minimum absolute atomic E-state index is 0.217. The SMILES string of the molecule is CC(N)C(=O)NCc1cc(Cl)ccc1Cl. The van der Waals surface area contributed by atoms with Crippen molar-refractivity contribution >= 4 is 29.1 Å². The highest BCUT2D eigenvalue weighted by atomic mass is 35.5. The van der Waals surface area contributed by atoms with E-state index in [2.05, 4.69) is 5.32 Å². The lowest BCUT2D eigenvalue weighted by Crippen LogP contribution is -2.37. The van der Waals surface area contributed by atoms with Gasteiger partial charge in [0.2, 0.25) is 5.91 Å². The van der Waals surface area contributed by atoms with E-state index in [4.69, 9.17) is 28.9 Å². The largest absolute Gasteiger partial charge is 0.351 e. The first-order chi connectivity index (χ1) is 7.00. The fourth-order valence-corrected chi connectivity index (χ4v) is 1.40. The van der Waals surface area contributed by atoms with Crippen LogP contribution in [0.15, 0.2) is 18.2 Å². The maximum atomic E-state index is 11.2. The standard InChI is InChI=1S/C10H12Cl2N2O/c1-6(13)10(15)14-5-7-4-8(11)2-3-9(7)12/h2-4,6H,5,13H2,1H3,(H,14,15). The van der Waals surface area contributed by atoms with Crippen molar-refractivity contribution in [2.75, 3.05) is 0 Å². The van der Waals surface area contributed by atoms with Crippen LogP contribution in [0, 0.1) is 0 Å². The molecule has 0 aliphatic heterocycles. The van der Waals surface area contributed by atoms with Crippen LogP contribution in [0.4, 0.5) is 0 Å². The summed E-state index contributed by atoms with van der Waals surface area (Å²) >= 11 is 11.7. The number of benzene rings is 1. The second kappa shape index (κ2) is 5.35. The van der Waals surface area contributed by atoms with Crippen molar-refractivity contribution in [1.29, 1.82) is 0 Å². The summed E-state index contributed by atoms with van der Waals surface area (Å²) in [6.45, 7) is 1.95. The van der Waals surface area contributed by atoms with E-state index in [-0.39, 0.29) is 5.91 Å². The molecule has 1 unspecified atom stereocenters. The van der Waals surface area contributed by atoms with Crippen molar-refractivity contribution in [3.8, 4) is 0 Å². The molecule has 0 radical (unpaired) electrons. The quantitative estimate of drug-likeness (QED) is 0.857. The summed E-state index contributed by atoms with van der Waals surface area (Å²) in [5, 5.41) is 3.82. The Hall–Kier alpha value is -0.770. The van der Waals surface area contributed by atoms with Crippen LogP contribution in [-0.2, 0) is 11.3 Å².